The number of hydrogen-bond acceptors (Lipinski definition) is 6. The average molecular weight is 413 g/mol. The summed E-state index contributed by atoms with van der Waals surface area (Å²) < 4.78 is 11.1. The highest BCUT2D eigenvalue weighted by Gasteiger charge is 2.11. The summed E-state index contributed by atoms with van der Waals surface area (Å²) in [5.41, 5.74) is 2.79. The maximum Gasteiger partial charge on any atom is 0.234 e. The molecule has 0 radical (unpaired) electrons. The van der Waals surface area contributed by atoms with Crippen molar-refractivity contribution in [2.45, 2.75) is 25.9 Å². The van der Waals surface area contributed by atoms with Gasteiger partial charge in [-0.1, -0.05) is 41.6 Å². The Morgan fingerprint density at radius 3 is 2.52 bits per heavy atom. The third-order valence-electron chi connectivity index (χ3n) is 3.95. The summed E-state index contributed by atoms with van der Waals surface area (Å²) in [7, 11) is 0. The SMILES string of the molecule is CCOc1ccc(NC(=O)CSc2n[nH]c(-c3ccc(C)cc3)n2)cc1OCC. The molecule has 3 aromatic rings. The molecule has 0 atom stereocenters. The number of aromatic nitrogens is 3. The lowest BCUT2D eigenvalue weighted by molar-refractivity contribution is -0.113. The number of carbonyl (C=O) groups is 1. The number of hydrogen-bond donors (Lipinski definition) is 2. The van der Waals surface area contributed by atoms with Gasteiger partial charge in [-0.2, -0.15) is 0 Å². The Hall–Kier alpha value is -3.00. The molecule has 0 aliphatic carbocycles. The minimum atomic E-state index is -0.150. The molecule has 3 rings (SSSR count). The number of thioether (sulfide) groups is 1. The quantitative estimate of drug-likeness (QED) is 0.509. The molecule has 0 bridgehead atoms. The van der Waals surface area contributed by atoms with Crippen LogP contribution in [0, 0.1) is 6.92 Å². The van der Waals surface area contributed by atoms with Crippen molar-refractivity contribution in [2.24, 2.45) is 0 Å². The molecule has 1 amide bonds. The van der Waals surface area contributed by atoms with Crippen molar-refractivity contribution in [1.82, 2.24) is 15.2 Å². The van der Waals surface area contributed by atoms with Crippen molar-refractivity contribution in [3.8, 4) is 22.9 Å². The number of rotatable bonds is 9. The fraction of sp³-hybridized carbons (Fsp3) is 0.286. The topological polar surface area (TPSA) is 89.1 Å². The number of benzene rings is 2. The van der Waals surface area contributed by atoms with Crippen LogP contribution in [-0.2, 0) is 4.79 Å². The van der Waals surface area contributed by atoms with E-state index < -0.39 is 0 Å². The highest BCUT2D eigenvalue weighted by Crippen LogP contribution is 2.30. The Bertz CT molecular complexity index is 957. The number of amides is 1. The number of H-pyrrole nitrogens is 1. The van der Waals surface area contributed by atoms with E-state index in [1.165, 1.54) is 17.3 Å². The highest BCUT2D eigenvalue weighted by atomic mass is 32.2. The standard InChI is InChI=1S/C21H24N4O3S/c1-4-27-17-11-10-16(12-18(17)28-5-2)22-19(26)13-29-21-23-20(24-25-21)15-8-6-14(3)7-9-15/h6-12H,4-5,13H2,1-3H3,(H,22,26)(H,23,24,25). The summed E-state index contributed by atoms with van der Waals surface area (Å²) in [6.07, 6.45) is 0. The Balaban J connectivity index is 1.57. The number of nitrogens with zero attached hydrogens (tertiary/aromatic N) is 2. The maximum absolute atomic E-state index is 12.3. The van der Waals surface area contributed by atoms with Gasteiger partial charge in [0, 0.05) is 17.3 Å². The van der Waals surface area contributed by atoms with Crippen LogP contribution in [-0.4, -0.2) is 40.1 Å². The van der Waals surface area contributed by atoms with Crippen molar-refractivity contribution in [2.75, 3.05) is 24.3 Å². The zero-order valence-electron chi connectivity index (χ0n) is 16.7. The van der Waals surface area contributed by atoms with Crippen molar-refractivity contribution >= 4 is 23.4 Å². The minimum Gasteiger partial charge on any atom is -0.490 e. The molecular weight excluding hydrogens is 388 g/mol. The third kappa shape index (κ3) is 5.74. The molecule has 0 unspecified atom stereocenters. The first kappa shape index (κ1) is 20.7. The van der Waals surface area contributed by atoms with E-state index in [0.717, 1.165) is 5.56 Å². The van der Waals surface area contributed by atoms with E-state index >= 15 is 0 Å². The predicted octanol–water partition coefficient (Wildman–Crippen LogP) is 4.31. The van der Waals surface area contributed by atoms with E-state index in [0.29, 0.717) is 41.4 Å². The van der Waals surface area contributed by atoms with Crippen LogP contribution in [0.4, 0.5) is 5.69 Å². The molecule has 0 saturated carbocycles. The Morgan fingerprint density at radius 1 is 1.07 bits per heavy atom. The van der Waals surface area contributed by atoms with Crippen LogP contribution in [0.3, 0.4) is 0 Å². The minimum absolute atomic E-state index is 0.150. The van der Waals surface area contributed by atoms with E-state index in [2.05, 4.69) is 20.5 Å². The van der Waals surface area contributed by atoms with Gasteiger partial charge in [-0.15, -0.1) is 5.10 Å². The Morgan fingerprint density at radius 2 is 1.79 bits per heavy atom. The van der Waals surface area contributed by atoms with Crippen molar-refractivity contribution < 1.29 is 14.3 Å². The third-order valence-corrected chi connectivity index (χ3v) is 4.80. The van der Waals surface area contributed by atoms with E-state index in [1.807, 2.05) is 45.0 Å². The van der Waals surface area contributed by atoms with Crippen LogP contribution >= 0.6 is 11.8 Å². The van der Waals surface area contributed by atoms with Crippen LogP contribution in [0.25, 0.3) is 11.4 Å². The van der Waals surface area contributed by atoms with Gasteiger partial charge in [0.15, 0.2) is 17.3 Å². The molecule has 2 N–H and O–H groups in total. The summed E-state index contributed by atoms with van der Waals surface area (Å²) in [6.45, 7) is 6.91. The van der Waals surface area contributed by atoms with E-state index in [9.17, 15) is 4.79 Å². The Kier molecular flexibility index (Phi) is 7.13. The zero-order chi connectivity index (χ0) is 20.6. The van der Waals surface area contributed by atoms with Gasteiger partial charge in [0.2, 0.25) is 11.1 Å². The van der Waals surface area contributed by atoms with Crippen molar-refractivity contribution in [1.29, 1.82) is 0 Å². The summed E-state index contributed by atoms with van der Waals surface area (Å²) in [5, 5.41) is 10.5. The van der Waals surface area contributed by atoms with Gasteiger partial charge in [-0.3, -0.25) is 9.89 Å². The molecule has 2 aromatic carbocycles. The van der Waals surface area contributed by atoms with E-state index in [-0.39, 0.29) is 11.7 Å². The van der Waals surface area contributed by atoms with Gasteiger partial charge in [0.05, 0.1) is 19.0 Å². The van der Waals surface area contributed by atoms with Crippen LogP contribution in [0.1, 0.15) is 19.4 Å². The van der Waals surface area contributed by atoms with Gasteiger partial charge >= 0.3 is 0 Å². The molecule has 7 nitrogen and oxygen atoms in total. The van der Waals surface area contributed by atoms with Gasteiger partial charge in [-0.05, 0) is 32.9 Å². The first-order valence-corrected chi connectivity index (χ1v) is 10.4. The number of nitrogens with one attached hydrogen (secondary N) is 2. The molecule has 1 heterocycles. The van der Waals surface area contributed by atoms with Crippen LogP contribution in [0.2, 0.25) is 0 Å². The van der Waals surface area contributed by atoms with Crippen LogP contribution in [0.15, 0.2) is 47.6 Å². The molecule has 152 valence electrons. The average Bonchev–Trinajstić information content (AvgIpc) is 3.18. The summed E-state index contributed by atoms with van der Waals surface area (Å²) in [6, 6.07) is 13.4. The maximum atomic E-state index is 12.3. The lowest BCUT2D eigenvalue weighted by Crippen LogP contribution is -2.14. The van der Waals surface area contributed by atoms with Crippen LogP contribution < -0.4 is 14.8 Å². The normalized spacial score (nSPS) is 10.6. The van der Waals surface area contributed by atoms with Gasteiger partial charge in [0.25, 0.3) is 0 Å². The molecule has 0 aliphatic heterocycles. The van der Waals surface area contributed by atoms with Gasteiger partial charge in [-0.25, -0.2) is 4.98 Å². The highest BCUT2D eigenvalue weighted by molar-refractivity contribution is 7.99. The molecule has 29 heavy (non-hydrogen) atoms. The number of carbonyl (C=O) groups excluding carboxylic acids is 1. The lowest BCUT2D eigenvalue weighted by atomic mass is 10.1. The first-order chi connectivity index (χ1) is 14.1. The number of ether oxygens (including phenoxy) is 2. The van der Waals surface area contributed by atoms with Crippen molar-refractivity contribution in [3.63, 3.8) is 0 Å². The second-order valence-corrected chi connectivity index (χ2v) is 7.14. The summed E-state index contributed by atoms with van der Waals surface area (Å²) in [4.78, 5) is 16.7. The number of aromatic amines is 1. The second-order valence-electron chi connectivity index (χ2n) is 6.20. The Labute approximate surface area is 174 Å². The van der Waals surface area contributed by atoms with Crippen molar-refractivity contribution in [3.05, 3.63) is 48.0 Å². The monoisotopic (exact) mass is 412 g/mol. The molecule has 8 heteroatoms. The molecule has 0 spiro atoms. The smallest absolute Gasteiger partial charge is 0.234 e. The number of anilines is 1. The second kappa shape index (κ2) is 9.97. The first-order valence-electron chi connectivity index (χ1n) is 9.40. The molecule has 0 saturated heterocycles. The van der Waals surface area contributed by atoms with Gasteiger partial charge < -0.3 is 14.8 Å². The predicted molar refractivity (Wildman–Crippen MR) is 115 cm³/mol. The van der Waals surface area contributed by atoms with E-state index in [1.54, 1.807) is 18.2 Å². The molecular formula is C21H24N4O3S. The summed E-state index contributed by atoms with van der Waals surface area (Å²) >= 11 is 1.27. The lowest BCUT2D eigenvalue weighted by Gasteiger charge is -2.12. The number of aryl methyl sites for hydroxylation is 1. The van der Waals surface area contributed by atoms with Crippen LogP contribution in [0.5, 0.6) is 11.5 Å². The fourth-order valence-electron chi connectivity index (χ4n) is 2.61. The van der Waals surface area contributed by atoms with Gasteiger partial charge in [0.1, 0.15) is 0 Å². The molecule has 0 aliphatic rings. The zero-order valence-corrected chi connectivity index (χ0v) is 17.5. The van der Waals surface area contributed by atoms with E-state index in [4.69, 9.17) is 9.47 Å². The fourth-order valence-corrected chi connectivity index (χ4v) is 3.21. The molecule has 0 fully saturated rings. The molecule has 1 aromatic heterocycles. The summed E-state index contributed by atoms with van der Waals surface area (Å²) in [5.74, 6) is 1.99. The largest absolute Gasteiger partial charge is 0.490 e.